The van der Waals surface area contributed by atoms with Crippen LogP contribution in [0.4, 0.5) is 0 Å². The molecular weight excluding hydrogens is 132 g/mol. The normalized spacial score (nSPS) is 39.9. The van der Waals surface area contributed by atoms with Crippen molar-refractivity contribution in [2.45, 2.75) is 25.9 Å². The largest absolute Gasteiger partial charge is 0.457 e. The fourth-order valence-corrected chi connectivity index (χ4v) is 1.21. The van der Waals surface area contributed by atoms with Crippen LogP contribution in [0.5, 0.6) is 0 Å². The average Bonchev–Trinajstić information content (AvgIpc) is 2.10. The minimum absolute atomic E-state index is 0.0582. The summed E-state index contributed by atoms with van der Waals surface area (Å²) in [6.45, 7) is 3.47. The van der Waals surface area contributed by atoms with Crippen LogP contribution in [0.25, 0.3) is 0 Å². The SMILES string of the molecule is C[C@@H]1C[C@](C)(CO)OC1=O. The molecule has 0 amide bonds. The van der Waals surface area contributed by atoms with E-state index in [4.69, 9.17) is 9.84 Å². The number of rotatable bonds is 1. The van der Waals surface area contributed by atoms with E-state index in [1.54, 1.807) is 6.92 Å². The first kappa shape index (κ1) is 7.54. The van der Waals surface area contributed by atoms with Gasteiger partial charge in [0.05, 0.1) is 12.5 Å². The van der Waals surface area contributed by atoms with Gasteiger partial charge in [-0.25, -0.2) is 0 Å². The molecule has 0 saturated carbocycles. The third-order valence-corrected chi connectivity index (χ3v) is 1.82. The lowest BCUT2D eigenvalue weighted by molar-refractivity contribution is -0.151. The Bertz CT molecular complexity index is 155. The Morgan fingerprint density at radius 2 is 2.50 bits per heavy atom. The van der Waals surface area contributed by atoms with Gasteiger partial charge in [0, 0.05) is 6.42 Å². The van der Waals surface area contributed by atoms with E-state index in [0.29, 0.717) is 6.42 Å². The number of hydrogen-bond donors (Lipinski definition) is 1. The van der Waals surface area contributed by atoms with Gasteiger partial charge in [-0.15, -0.1) is 0 Å². The predicted molar refractivity (Wildman–Crippen MR) is 35.4 cm³/mol. The fraction of sp³-hybridized carbons (Fsp3) is 0.857. The van der Waals surface area contributed by atoms with Gasteiger partial charge >= 0.3 is 5.97 Å². The molecule has 1 rings (SSSR count). The van der Waals surface area contributed by atoms with Gasteiger partial charge in [0.1, 0.15) is 5.60 Å². The molecule has 0 aromatic heterocycles. The molecule has 1 fully saturated rings. The summed E-state index contributed by atoms with van der Waals surface area (Å²) in [4.78, 5) is 10.8. The summed E-state index contributed by atoms with van der Waals surface area (Å²) in [5.74, 6) is -0.256. The molecule has 0 radical (unpaired) electrons. The maximum Gasteiger partial charge on any atom is 0.309 e. The summed E-state index contributed by atoms with van der Waals surface area (Å²) in [5.41, 5.74) is -0.615. The van der Waals surface area contributed by atoms with Crippen LogP contribution in [0.3, 0.4) is 0 Å². The fourth-order valence-electron chi connectivity index (χ4n) is 1.21. The van der Waals surface area contributed by atoms with Crippen molar-refractivity contribution in [3.8, 4) is 0 Å². The molecule has 0 bridgehead atoms. The van der Waals surface area contributed by atoms with Crippen LogP contribution in [0.15, 0.2) is 0 Å². The van der Waals surface area contributed by atoms with Crippen molar-refractivity contribution in [2.24, 2.45) is 5.92 Å². The van der Waals surface area contributed by atoms with Crippen LogP contribution in [-0.4, -0.2) is 23.3 Å². The van der Waals surface area contributed by atoms with Crippen molar-refractivity contribution in [3.63, 3.8) is 0 Å². The van der Waals surface area contributed by atoms with Crippen LogP contribution in [-0.2, 0) is 9.53 Å². The monoisotopic (exact) mass is 144 g/mol. The number of ether oxygens (including phenoxy) is 1. The van der Waals surface area contributed by atoms with Crippen molar-refractivity contribution >= 4 is 5.97 Å². The molecule has 1 saturated heterocycles. The highest BCUT2D eigenvalue weighted by atomic mass is 16.6. The van der Waals surface area contributed by atoms with E-state index in [9.17, 15) is 4.79 Å². The zero-order valence-corrected chi connectivity index (χ0v) is 6.26. The molecule has 0 aromatic carbocycles. The molecule has 3 heteroatoms. The summed E-state index contributed by atoms with van der Waals surface area (Å²) >= 11 is 0. The van der Waals surface area contributed by atoms with E-state index in [2.05, 4.69) is 0 Å². The van der Waals surface area contributed by atoms with E-state index in [0.717, 1.165) is 0 Å². The van der Waals surface area contributed by atoms with Gasteiger partial charge in [-0.3, -0.25) is 4.79 Å². The predicted octanol–water partition coefficient (Wildman–Crippen LogP) is 0.320. The van der Waals surface area contributed by atoms with E-state index in [-0.39, 0.29) is 18.5 Å². The second-order valence-electron chi connectivity index (χ2n) is 3.13. The van der Waals surface area contributed by atoms with Crippen molar-refractivity contribution in [2.75, 3.05) is 6.61 Å². The summed E-state index contributed by atoms with van der Waals surface area (Å²) < 4.78 is 4.92. The first-order valence-electron chi connectivity index (χ1n) is 3.41. The van der Waals surface area contributed by atoms with Gasteiger partial charge in [0.15, 0.2) is 0 Å². The highest BCUT2D eigenvalue weighted by molar-refractivity contribution is 5.74. The second kappa shape index (κ2) is 2.23. The molecule has 58 valence electrons. The standard InChI is InChI=1S/C7H12O3/c1-5-3-7(2,4-8)10-6(5)9/h5,8H,3-4H2,1-2H3/t5-,7-/m1/s1. The van der Waals surface area contributed by atoms with Crippen molar-refractivity contribution in [1.29, 1.82) is 0 Å². The third-order valence-electron chi connectivity index (χ3n) is 1.82. The Balaban J connectivity index is 2.64. The summed E-state index contributed by atoms with van der Waals surface area (Å²) in [6.07, 6.45) is 0.627. The molecule has 1 aliphatic heterocycles. The van der Waals surface area contributed by atoms with Crippen LogP contribution < -0.4 is 0 Å². The lowest BCUT2D eigenvalue weighted by atomic mass is 9.98. The average molecular weight is 144 g/mol. The first-order chi connectivity index (χ1) is 4.57. The number of hydrogen-bond acceptors (Lipinski definition) is 3. The molecule has 0 aromatic rings. The number of cyclic esters (lactones) is 1. The topological polar surface area (TPSA) is 46.5 Å². The molecule has 0 unspecified atom stereocenters. The molecule has 0 aliphatic carbocycles. The first-order valence-corrected chi connectivity index (χ1v) is 3.41. The number of aliphatic hydroxyl groups excluding tert-OH is 1. The minimum atomic E-state index is -0.615. The Hall–Kier alpha value is -0.570. The molecule has 3 nitrogen and oxygen atoms in total. The molecule has 1 N–H and O–H groups in total. The zero-order valence-electron chi connectivity index (χ0n) is 6.26. The van der Waals surface area contributed by atoms with E-state index >= 15 is 0 Å². The van der Waals surface area contributed by atoms with Gasteiger partial charge in [-0.1, -0.05) is 6.92 Å². The quantitative estimate of drug-likeness (QED) is 0.539. The van der Waals surface area contributed by atoms with Crippen LogP contribution in [0.1, 0.15) is 20.3 Å². The molecule has 1 heterocycles. The van der Waals surface area contributed by atoms with E-state index < -0.39 is 5.60 Å². The Morgan fingerprint density at radius 1 is 1.90 bits per heavy atom. The highest BCUT2D eigenvalue weighted by Crippen LogP contribution is 2.29. The molecule has 1 aliphatic rings. The van der Waals surface area contributed by atoms with E-state index in [1.165, 1.54) is 0 Å². The number of carbonyl (C=O) groups excluding carboxylic acids is 1. The van der Waals surface area contributed by atoms with Crippen LogP contribution in [0.2, 0.25) is 0 Å². The Kier molecular flexibility index (Phi) is 1.68. The molecule has 2 atom stereocenters. The van der Waals surface area contributed by atoms with Gasteiger partial charge < -0.3 is 9.84 Å². The molecule has 10 heavy (non-hydrogen) atoms. The van der Waals surface area contributed by atoms with Crippen molar-refractivity contribution < 1.29 is 14.6 Å². The lowest BCUT2D eigenvalue weighted by Crippen LogP contribution is -2.28. The van der Waals surface area contributed by atoms with Crippen molar-refractivity contribution in [1.82, 2.24) is 0 Å². The second-order valence-corrected chi connectivity index (χ2v) is 3.13. The third kappa shape index (κ3) is 1.14. The van der Waals surface area contributed by atoms with Gasteiger partial charge in [-0.2, -0.15) is 0 Å². The van der Waals surface area contributed by atoms with E-state index in [1.807, 2.05) is 6.92 Å². The Labute approximate surface area is 60.0 Å². The summed E-state index contributed by atoms with van der Waals surface area (Å²) in [6, 6.07) is 0. The maximum atomic E-state index is 10.8. The van der Waals surface area contributed by atoms with Gasteiger partial charge in [-0.05, 0) is 6.92 Å². The molecular formula is C7H12O3. The lowest BCUT2D eigenvalue weighted by Gasteiger charge is -2.18. The smallest absolute Gasteiger partial charge is 0.309 e. The van der Waals surface area contributed by atoms with Gasteiger partial charge in [0.2, 0.25) is 0 Å². The maximum absolute atomic E-state index is 10.8. The Morgan fingerprint density at radius 3 is 2.70 bits per heavy atom. The van der Waals surface area contributed by atoms with Gasteiger partial charge in [0.25, 0.3) is 0 Å². The number of aliphatic hydroxyl groups is 1. The number of esters is 1. The van der Waals surface area contributed by atoms with Crippen molar-refractivity contribution in [3.05, 3.63) is 0 Å². The molecule has 0 spiro atoms. The highest BCUT2D eigenvalue weighted by Gasteiger charge is 2.40. The summed E-state index contributed by atoms with van der Waals surface area (Å²) in [7, 11) is 0. The van der Waals surface area contributed by atoms with Crippen LogP contribution >= 0.6 is 0 Å². The van der Waals surface area contributed by atoms with Crippen LogP contribution in [0, 0.1) is 5.92 Å². The minimum Gasteiger partial charge on any atom is -0.457 e. The zero-order chi connectivity index (χ0) is 7.78. The number of carbonyl (C=O) groups is 1. The summed E-state index contributed by atoms with van der Waals surface area (Å²) in [5, 5.41) is 8.78.